The fourth-order valence-electron chi connectivity index (χ4n) is 0.988. The maximum atomic E-state index is 5.20. The number of thioether (sulfide) groups is 1. The zero-order valence-electron chi connectivity index (χ0n) is 8.98. The highest BCUT2D eigenvalue weighted by Crippen LogP contribution is 2.08. The van der Waals surface area contributed by atoms with E-state index in [-0.39, 0.29) is 0 Å². The van der Waals surface area contributed by atoms with Crippen molar-refractivity contribution in [2.24, 2.45) is 0 Å². The average Bonchev–Trinajstić information content (AvgIpc) is 2.29. The Hall–Kier alpha value is -0.650. The van der Waals surface area contributed by atoms with Gasteiger partial charge >= 0.3 is 0 Å². The number of rotatable bonds is 8. The van der Waals surface area contributed by atoms with Crippen LogP contribution in [0.2, 0.25) is 0 Å². The number of hydrogen-bond donors (Lipinski definition) is 1. The van der Waals surface area contributed by atoms with Crippen LogP contribution in [0.3, 0.4) is 0 Å². The first kappa shape index (κ1) is 12.4. The smallest absolute Gasteiger partial charge is 0.187 e. The van der Waals surface area contributed by atoms with E-state index in [9.17, 15) is 0 Å². The molecule has 1 rings (SSSR count). The standard InChI is InChI=1S/C10H17N3OS/c1-2-14-8-6-11-7-9-15-10-12-4-3-5-13-10/h3-5,11H,2,6-9H2,1H3. The summed E-state index contributed by atoms with van der Waals surface area (Å²) in [4.78, 5) is 8.25. The van der Waals surface area contributed by atoms with Crippen LogP contribution in [-0.4, -0.2) is 42.0 Å². The number of aromatic nitrogens is 2. The molecule has 1 aromatic rings. The van der Waals surface area contributed by atoms with Crippen molar-refractivity contribution in [3.8, 4) is 0 Å². The summed E-state index contributed by atoms with van der Waals surface area (Å²) in [6, 6.07) is 1.82. The maximum absolute atomic E-state index is 5.20. The molecule has 1 heterocycles. The van der Waals surface area contributed by atoms with Gasteiger partial charge in [-0.15, -0.1) is 0 Å². The molecule has 4 nitrogen and oxygen atoms in total. The van der Waals surface area contributed by atoms with Crippen molar-refractivity contribution >= 4 is 11.8 Å². The summed E-state index contributed by atoms with van der Waals surface area (Å²) >= 11 is 1.66. The molecule has 1 aromatic heterocycles. The van der Waals surface area contributed by atoms with E-state index in [4.69, 9.17) is 4.74 Å². The van der Waals surface area contributed by atoms with Gasteiger partial charge in [-0.3, -0.25) is 0 Å². The van der Waals surface area contributed by atoms with Gasteiger partial charge in [0.15, 0.2) is 5.16 Å². The van der Waals surface area contributed by atoms with E-state index in [1.165, 1.54) is 0 Å². The van der Waals surface area contributed by atoms with E-state index in [1.54, 1.807) is 24.2 Å². The van der Waals surface area contributed by atoms with Gasteiger partial charge in [-0.05, 0) is 13.0 Å². The molecule has 0 saturated carbocycles. The van der Waals surface area contributed by atoms with Crippen molar-refractivity contribution < 1.29 is 4.74 Å². The van der Waals surface area contributed by atoms with Gasteiger partial charge in [-0.2, -0.15) is 0 Å². The summed E-state index contributed by atoms with van der Waals surface area (Å²) < 4.78 is 5.20. The lowest BCUT2D eigenvalue weighted by Crippen LogP contribution is -2.22. The second kappa shape index (κ2) is 8.64. The van der Waals surface area contributed by atoms with Crippen molar-refractivity contribution in [3.05, 3.63) is 18.5 Å². The van der Waals surface area contributed by atoms with Gasteiger partial charge in [0, 0.05) is 37.8 Å². The summed E-state index contributed by atoms with van der Waals surface area (Å²) in [5, 5.41) is 4.13. The number of nitrogens with zero attached hydrogens (tertiary/aromatic N) is 2. The molecule has 1 N–H and O–H groups in total. The number of nitrogens with one attached hydrogen (secondary N) is 1. The minimum atomic E-state index is 0.781. The zero-order chi connectivity index (χ0) is 10.8. The Labute approximate surface area is 94.8 Å². The molecule has 0 aromatic carbocycles. The highest BCUT2D eigenvalue weighted by molar-refractivity contribution is 7.99. The second-order valence-electron chi connectivity index (χ2n) is 2.83. The minimum absolute atomic E-state index is 0.781. The normalized spacial score (nSPS) is 10.5. The Balaban J connectivity index is 1.93. The van der Waals surface area contributed by atoms with Gasteiger partial charge in [-0.25, -0.2) is 9.97 Å². The van der Waals surface area contributed by atoms with E-state index in [0.717, 1.165) is 37.2 Å². The molecular formula is C10H17N3OS. The Morgan fingerprint density at radius 3 is 2.87 bits per heavy atom. The lowest BCUT2D eigenvalue weighted by Gasteiger charge is -2.03. The first-order valence-corrected chi connectivity index (χ1v) is 6.10. The van der Waals surface area contributed by atoms with E-state index < -0.39 is 0 Å². The lowest BCUT2D eigenvalue weighted by atomic mass is 10.6. The fraction of sp³-hybridized carbons (Fsp3) is 0.600. The highest BCUT2D eigenvalue weighted by atomic mass is 32.2. The van der Waals surface area contributed by atoms with Crippen LogP contribution in [0.5, 0.6) is 0 Å². The van der Waals surface area contributed by atoms with Crippen molar-refractivity contribution in [1.29, 1.82) is 0 Å². The van der Waals surface area contributed by atoms with Crippen LogP contribution in [0.4, 0.5) is 0 Å². The Morgan fingerprint density at radius 2 is 2.13 bits per heavy atom. The van der Waals surface area contributed by atoms with Crippen LogP contribution in [-0.2, 0) is 4.74 Å². The maximum Gasteiger partial charge on any atom is 0.187 e. The van der Waals surface area contributed by atoms with Crippen molar-refractivity contribution in [3.63, 3.8) is 0 Å². The molecule has 0 aliphatic rings. The molecule has 0 spiro atoms. The molecule has 15 heavy (non-hydrogen) atoms. The first-order chi connectivity index (χ1) is 7.43. The largest absolute Gasteiger partial charge is 0.380 e. The summed E-state index contributed by atoms with van der Waals surface area (Å²) in [5.74, 6) is 0.982. The van der Waals surface area contributed by atoms with Gasteiger partial charge in [0.05, 0.1) is 6.61 Å². The number of ether oxygens (including phenoxy) is 1. The highest BCUT2D eigenvalue weighted by Gasteiger charge is 1.94. The zero-order valence-corrected chi connectivity index (χ0v) is 9.80. The van der Waals surface area contributed by atoms with E-state index >= 15 is 0 Å². The summed E-state index contributed by atoms with van der Waals surface area (Å²) in [6.45, 7) is 5.43. The Morgan fingerprint density at radius 1 is 1.33 bits per heavy atom. The first-order valence-electron chi connectivity index (χ1n) is 5.11. The predicted molar refractivity (Wildman–Crippen MR) is 62.1 cm³/mol. The van der Waals surface area contributed by atoms with Crippen molar-refractivity contribution in [1.82, 2.24) is 15.3 Å². The molecule has 0 atom stereocenters. The molecule has 0 bridgehead atoms. The second-order valence-corrected chi connectivity index (χ2v) is 3.89. The summed E-state index contributed by atoms with van der Waals surface area (Å²) in [5.41, 5.74) is 0. The molecule has 0 aliphatic carbocycles. The Kier molecular flexibility index (Phi) is 7.16. The van der Waals surface area contributed by atoms with Crippen molar-refractivity contribution in [2.45, 2.75) is 12.1 Å². The van der Waals surface area contributed by atoms with Crippen LogP contribution in [0.15, 0.2) is 23.6 Å². The third kappa shape index (κ3) is 6.43. The molecule has 0 fully saturated rings. The predicted octanol–water partition coefficient (Wildman–Crippen LogP) is 1.19. The van der Waals surface area contributed by atoms with E-state index in [0.29, 0.717) is 0 Å². The minimum Gasteiger partial charge on any atom is -0.380 e. The lowest BCUT2D eigenvalue weighted by molar-refractivity contribution is 0.150. The molecule has 0 amide bonds. The van der Waals surface area contributed by atoms with Gasteiger partial charge in [0.25, 0.3) is 0 Å². The fourth-order valence-corrected chi connectivity index (χ4v) is 1.69. The van der Waals surface area contributed by atoms with Crippen molar-refractivity contribution in [2.75, 3.05) is 32.1 Å². The van der Waals surface area contributed by atoms with Gasteiger partial charge in [-0.1, -0.05) is 11.8 Å². The molecule has 84 valence electrons. The summed E-state index contributed by atoms with van der Waals surface area (Å²) in [7, 11) is 0. The monoisotopic (exact) mass is 227 g/mol. The van der Waals surface area contributed by atoms with E-state index in [2.05, 4.69) is 15.3 Å². The SMILES string of the molecule is CCOCCNCCSc1ncccn1. The van der Waals surface area contributed by atoms with Crippen LogP contribution in [0, 0.1) is 0 Å². The molecule has 0 saturated heterocycles. The third-order valence-corrected chi connectivity index (χ3v) is 2.56. The average molecular weight is 227 g/mol. The molecule has 0 unspecified atom stereocenters. The van der Waals surface area contributed by atoms with Crippen LogP contribution in [0.1, 0.15) is 6.92 Å². The van der Waals surface area contributed by atoms with E-state index in [1.807, 2.05) is 13.0 Å². The molecule has 0 radical (unpaired) electrons. The van der Waals surface area contributed by atoms with Gasteiger partial charge in [0.1, 0.15) is 0 Å². The third-order valence-electron chi connectivity index (χ3n) is 1.68. The molecule has 5 heteroatoms. The van der Waals surface area contributed by atoms with Gasteiger partial charge in [0.2, 0.25) is 0 Å². The summed E-state index contributed by atoms with van der Waals surface area (Å²) in [6.07, 6.45) is 3.52. The van der Waals surface area contributed by atoms with Gasteiger partial charge < -0.3 is 10.1 Å². The van der Waals surface area contributed by atoms with Crippen LogP contribution in [0.25, 0.3) is 0 Å². The quantitative estimate of drug-likeness (QED) is 0.411. The number of hydrogen-bond acceptors (Lipinski definition) is 5. The van der Waals surface area contributed by atoms with Crippen LogP contribution < -0.4 is 5.32 Å². The molecule has 0 aliphatic heterocycles. The topological polar surface area (TPSA) is 47.0 Å². The van der Waals surface area contributed by atoms with Crippen LogP contribution >= 0.6 is 11.8 Å². The Bertz CT molecular complexity index is 246. The molecular weight excluding hydrogens is 210 g/mol.